The van der Waals surface area contributed by atoms with Crippen molar-refractivity contribution in [3.8, 4) is 0 Å². The van der Waals surface area contributed by atoms with E-state index in [-0.39, 0.29) is 0 Å². The lowest BCUT2D eigenvalue weighted by Gasteiger charge is -2.33. The molecular formula is C14H17NO2. The van der Waals surface area contributed by atoms with Gasteiger partial charge in [-0.2, -0.15) is 0 Å². The Morgan fingerprint density at radius 3 is 2.82 bits per heavy atom. The molecule has 3 nitrogen and oxygen atoms in total. The smallest absolute Gasteiger partial charge is 0.321 e. The number of carboxylic acids is 1. The van der Waals surface area contributed by atoms with Crippen molar-refractivity contribution >= 4 is 5.97 Å². The van der Waals surface area contributed by atoms with Crippen molar-refractivity contribution in [3.05, 3.63) is 47.5 Å². The quantitative estimate of drug-likeness (QED) is 0.810. The minimum atomic E-state index is -0.732. The van der Waals surface area contributed by atoms with E-state index in [0.717, 1.165) is 12.1 Å². The second kappa shape index (κ2) is 5.15. The number of hydrogen-bond donors (Lipinski definition) is 1. The molecule has 0 aromatic heterocycles. The van der Waals surface area contributed by atoms with Crippen LogP contribution in [0.2, 0.25) is 0 Å². The summed E-state index contributed by atoms with van der Waals surface area (Å²) in [7, 11) is 0. The highest BCUT2D eigenvalue weighted by Gasteiger charge is 2.30. The van der Waals surface area contributed by atoms with Crippen molar-refractivity contribution in [2.45, 2.75) is 25.9 Å². The molecule has 0 saturated heterocycles. The molecule has 3 heteroatoms. The molecule has 0 unspecified atom stereocenters. The van der Waals surface area contributed by atoms with Crippen molar-refractivity contribution in [2.24, 2.45) is 0 Å². The van der Waals surface area contributed by atoms with E-state index in [4.69, 9.17) is 0 Å². The molecule has 1 aliphatic heterocycles. The Morgan fingerprint density at radius 2 is 2.18 bits per heavy atom. The third-order valence-corrected chi connectivity index (χ3v) is 3.21. The molecule has 0 bridgehead atoms. The molecule has 0 spiro atoms. The van der Waals surface area contributed by atoms with Gasteiger partial charge < -0.3 is 5.11 Å². The van der Waals surface area contributed by atoms with Gasteiger partial charge in [-0.1, -0.05) is 36.4 Å². The topological polar surface area (TPSA) is 40.5 Å². The van der Waals surface area contributed by atoms with Crippen LogP contribution in [0, 0.1) is 0 Å². The maximum absolute atomic E-state index is 11.3. The number of rotatable bonds is 3. The second-order valence-corrected chi connectivity index (χ2v) is 4.33. The van der Waals surface area contributed by atoms with Gasteiger partial charge >= 0.3 is 5.97 Å². The Labute approximate surface area is 101 Å². The Bertz CT molecular complexity index is 440. The summed E-state index contributed by atoms with van der Waals surface area (Å²) >= 11 is 0. The molecule has 17 heavy (non-hydrogen) atoms. The zero-order valence-corrected chi connectivity index (χ0v) is 9.97. The normalized spacial score (nSPS) is 20.4. The summed E-state index contributed by atoms with van der Waals surface area (Å²) in [5, 5.41) is 9.27. The average Bonchev–Trinajstić information content (AvgIpc) is 2.35. The molecule has 0 radical (unpaired) electrons. The largest absolute Gasteiger partial charge is 0.480 e. The van der Waals surface area contributed by atoms with Crippen LogP contribution in [0.3, 0.4) is 0 Å². The van der Waals surface area contributed by atoms with E-state index < -0.39 is 12.0 Å². The summed E-state index contributed by atoms with van der Waals surface area (Å²) in [6, 6.07) is 7.68. The van der Waals surface area contributed by atoms with Crippen molar-refractivity contribution in [3.63, 3.8) is 0 Å². The highest BCUT2D eigenvalue weighted by atomic mass is 16.4. The lowest BCUT2D eigenvalue weighted by molar-refractivity contribution is -0.143. The lowest BCUT2D eigenvalue weighted by Crippen LogP contribution is -2.45. The first-order valence-corrected chi connectivity index (χ1v) is 5.87. The molecule has 1 aliphatic rings. The van der Waals surface area contributed by atoms with Crippen LogP contribution in [0.25, 0.3) is 0 Å². The lowest BCUT2D eigenvalue weighted by atomic mass is 9.94. The molecule has 1 N–H and O–H groups in total. The second-order valence-electron chi connectivity index (χ2n) is 4.33. The van der Waals surface area contributed by atoms with Gasteiger partial charge in [0.2, 0.25) is 0 Å². The maximum Gasteiger partial charge on any atom is 0.321 e. The number of aliphatic carboxylic acids is 1. The molecular weight excluding hydrogens is 214 g/mol. The van der Waals surface area contributed by atoms with Crippen LogP contribution in [0.5, 0.6) is 0 Å². The molecule has 1 aromatic rings. The fourth-order valence-electron chi connectivity index (χ4n) is 2.25. The van der Waals surface area contributed by atoms with E-state index in [1.165, 1.54) is 5.56 Å². The third-order valence-electron chi connectivity index (χ3n) is 3.21. The van der Waals surface area contributed by atoms with Gasteiger partial charge in [0.15, 0.2) is 0 Å². The molecule has 2 rings (SSSR count). The van der Waals surface area contributed by atoms with Gasteiger partial charge in [-0.15, -0.1) is 0 Å². The summed E-state index contributed by atoms with van der Waals surface area (Å²) in [5.41, 5.74) is 2.41. The van der Waals surface area contributed by atoms with E-state index >= 15 is 0 Å². The van der Waals surface area contributed by atoms with Crippen molar-refractivity contribution in [1.82, 2.24) is 4.90 Å². The zero-order valence-electron chi connectivity index (χ0n) is 9.97. The average molecular weight is 231 g/mol. The number of hydrogen-bond acceptors (Lipinski definition) is 2. The van der Waals surface area contributed by atoms with Crippen LogP contribution >= 0.6 is 0 Å². The van der Waals surface area contributed by atoms with E-state index in [0.29, 0.717) is 13.0 Å². The highest BCUT2D eigenvalue weighted by Crippen LogP contribution is 2.23. The zero-order chi connectivity index (χ0) is 12.3. The van der Waals surface area contributed by atoms with E-state index in [1.54, 1.807) is 0 Å². The molecule has 1 aromatic carbocycles. The Kier molecular flexibility index (Phi) is 3.59. The molecule has 1 atom stereocenters. The molecule has 90 valence electrons. The summed E-state index contributed by atoms with van der Waals surface area (Å²) < 4.78 is 0. The van der Waals surface area contributed by atoms with Gasteiger partial charge in [0, 0.05) is 13.1 Å². The van der Waals surface area contributed by atoms with Gasteiger partial charge in [0.25, 0.3) is 0 Å². The summed E-state index contributed by atoms with van der Waals surface area (Å²) in [6.07, 6.45) is 4.56. The van der Waals surface area contributed by atoms with E-state index in [9.17, 15) is 9.90 Å². The van der Waals surface area contributed by atoms with E-state index in [2.05, 4.69) is 6.07 Å². The van der Waals surface area contributed by atoms with Gasteiger partial charge in [-0.3, -0.25) is 9.69 Å². The van der Waals surface area contributed by atoms with Crippen LogP contribution in [0.4, 0.5) is 0 Å². The van der Waals surface area contributed by atoms with Crippen LogP contribution < -0.4 is 0 Å². The first-order chi connectivity index (χ1) is 8.22. The first kappa shape index (κ1) is 11.9. The summed E-state index contributed by atoms with van der Waals surface area (Å²) in [5.74, 6) is -0.732. The monoisotopic (exact) mass is 231 g/mol. The Balaban J connectivity index is 2.24. The van der Waals surface area contributed by atoms with Gasteiger partial charge in [-0.25, -0.2) is 0 Å². The predicted octanol–water partition coefficient (Wildman–Crippen LogP) is 2.07. The van der Waals surface area contributed by atoms with E-state index in [1.807, 2.05) is 42.2 Å². The van der Waals surface area contributed by atoms with Gasteiger partial charge in [0.1, 0.15) is 6.04 Å². The van der Waals surface area contributed by atoms with Crippen molar-refractivity contribution < 1.29 is 9.90 Å². The molecule has 0 fully saturated rings. The molecule has 0 amide bonds. The van der Waals surface area contributed by atoms with Crippen LogP contribution in [0.1, 0.15) is 18.1 Å². The highest BCUT2D eigenvalue weighted by molar-refractivity contribution is 5.74. The molecule has 1 heterocycles. The number of nitrogens with zero attached hydrogens (tertiary/aromatic N) is 1. The minimum absolute atomic E-state index is 0.402. The van der Waals surface area contributed by atoms with Crippen molar-refractivity contribution in [1.29, 1.82) is 0 Å². The number of fused-ring (bicyclic) bond motifs is 1. The fourth-order valence-corrected chi connectivity index (χ4v) is 2.25. The molecule has 0 aliphatic carbocycles. The van der Waals surface area contributed by atoms with Crippen LogP contribution in [-0.4, -0.2) is 28.6 Å². The van der Waals surface area contributed by atoms with Gasteiger partial charge in [-0.05, 0) is 24.5 Å². The number of carbonyl (C=O) groups is 1. The minimum Gasteiger partial charge on any atom is -0.480 e. The molecule has 0 saturated carbocycles. The third kappa shape index (κ3) is 2.56. The van der Waals surface area contributed by atoms with Crippen molar-refractivity contribution in [2.75, 3.05) is 6.54 Å². The van der Waals surface area contributed by atoms with Crippen LogP contribution in [0.15, 0.2) is 36.4 Å². The standard InChI is InChI=1S/C14H17NO2/c1-2-3-8-15-10-12-7-5-4-6-11(12)9-13(15)14(16)17/h2-7,13H,8-10H2,1H3,(H,16,17)/b3-2+/t13-/m0/s1. The summed E-state index contributed by atoms with van der Waals surface area (Å²) in [6.45, 7) is 3.37. The fraction of sp³-hybridized carbons (Fsp3) is 0.357. The number of benzene rings is 1. The van der Waals surface area contributed by atoms with Gasteiger partial charge in [0.05, 0.1) is 0 Å². The Hall–Kier alpha value is -1.61. The number of allylic oxidation sites excluding steroid dienone is 1. The number of carboxylic acid groups (broad SMARTS) is 1. The SMILES string of the molecule is C/C=C/CN1Cc2ccccc2C[C@H]1C(=O)O. The summed E-state index contributed by atoms with van der Waals surface area (Å²) in [4.78, 5) is 13.3. The predicted molar refractivity (Wildman–Crippen MR) is 66.8 cm³/mol. The Morgan fingerprint density at radius 1 is 1.47 bits per heavy atom. The first-order valence-electron chi connectivity index (χ1n) is 5.87. The van der Waals surface area contributed by atoms with Crippen LogP contribution in [-0.2, 0) is 17.8 Å². The maximum atomic E-state index is 11.3.